The highest BCUT2D eigenvalue weighted by Crippen LogP contribution is 2.23. The van der Waals surface area contributed by atoms with Crippen molar-refractivity contribution in [1.29, 1.82) is 0 Å². The second-order valence-corrected chi connectivity index (χ2v) is 6.44. The van der Waals surface area contributed by atoms with E-state index in [-0.39, 0.29) is 29.7 Å². The number of para-hydroxylation sites is 1. The quantitative estimate of drug-likeness (QED) is 0.894. The monoisotopic (exact) mass is 341 g/mol. The van der Waals surface area contributed by atoms with E-state index >= 15 is 0 Å². The molecule has 1 aromatic carbocycles. The third-order valence-corrected chi connectivity index (χ3v) is 4.65. The van der Waals surface area contributed by atoms with E-state index in [2.05, 4.69) is 5.32 Å². The van der Waals surface area contributed by atoms with Gasteiger partial charge in [0.1, 0.15) is 0 Å². The molecule has 0 aliphatic heterocycles. The summed E-state index contributed by atoms with van der Waals surface area (Å²) in [6, 6.07) is 10.7. The smallest absolute Gasteiger partial charge is 0.293 e. The maximum absolute atomic E-state index is 12.7. The predicted molar refractivity (Wildman–Crippen MR) is 95.6 cm³/mol. The first-order valence-corrected chi connectivity index (χ1v) is 8.53. The van der Waals surface area contributed by atoms with E-state index in [1.54, 1.807) is 43.4 Å². The van der Waals surface area contributed by atoms with Crippen LogP contribution in [0.1, 0.15) is 46.6 Å². The lowest BCUT2D eigenvalue weighted by molar-refractivity contribution is 0.0926. The van der Waals surface area contributed by atoms with E-state index in [0.29, 0.717) is 11.3 Å². The zero-order valence-electron chi connectivity index (χ0n) is 14.3. The number of nitrogens with two attached hydrogens (primary N) is 1. The average molecular weight is 341 g/mol. The number of nitrogens with one attached hydrogen (secondary N) is 1. The van der Waals surface area contributed by atoms with Gasteiger partial charge in [-0.15, -0.1) is 0 Å². The molecule has 1 fully saturated rings. The van der Waals surface area contributed by atoms with Gasteiger partial charge in [0.05, 0.1) is 17.5 Å². The molecule has 0 radical (unpaired) electrons. The van der Waals surface area contributed by atoms with Gasteiger partial charge in [-0.2, -0.15) is 0 Å². The zero-order valence-corrected chi connectivity index (χ0v) is 14.3. The number of hydrogen-bond acceptors (Lipinski definition) is 4. The molecule has 1 aromatic heterocycles. The number of carbonyl (C=O) groups is 2. The minimum atomic E-state index is -0.297. The summed E-state index contributed by atoms with van der Waals surface area (Å²) in [5, 5.41) is 3.07. The van der Waals surface area contributed by atoms with Crippen LogP contribution in [0.25, 0.3) is 0 Å². The van der Waals surface area contributed by atoms with Gasteiger partial charge in [-0.05, 0) is 49.9 Å². The van der Waals surface area contributed by atoms with E-state index in [1.807, 2.05) is 0 Å². The highest BCUT2D eigenvalue weighted by Gasteiger charge is 2.24. The molecule has 25 heavy (non-hydrogen) atoms. The van der Waals surface area contributed by atoms with Crippen molar-refractivity contribution in [2.45, 2.75) is 37.8 Å². The molecule has 3 rings (SSSR count). The summed E-state index contributed by atoms with van der Waals surface area (Å²) >= 11 is 0. The Labute approximate surface area is 147 Å². The van der Waals surface area contributed by atoms with Crippen LogP contribution in [0, 0.1) is 0 Å². The fraction of sp³-hybridized carbons (Fsp3) is 0.368. The van der Waals surface area contributed by atoms with Crippen LogP contribution in [-0.4, -0.2) is 30.9 Å². The van der Waals surface area contributed by atoms with Crippen LogP contribution in [-0.2, 0) is 0 Å². The Hall–Kier alpha value is -2.60. The van der Waals surface area contributed by atoms with E-state index in [9.17, 15) is 9.59 Å². The minimum Gasteiger partial charge on any atom is -0.459 e. The average Bonchev–Trinajstić information content (AvgIpc) is 3.17. The van der Waals surface area contributed by atoms with Gasteiger partial charge >= 0.3 is 0 Å². The van der Waals surface area contributed by atoms with E-state index < -0.39 is 0 Å². The summed E-state index contributed by atoms with van der Waals surface area (Å²) in [5.74, 6) is -0.233. The third kappa shape index (κ3) is 3.91. The zero-order chi connectivity index (χ0) is 17.8. The molecule has 1 aliphatic rings. The number of furan rings is 1. The molecule has 0 saturated heterocycles. The van der Waals surface area contributed by atoms with Crippen LogP contribution in [0.15, 0.2) is 47.1 Å². The van der Waals surface area contributed by atoms with Crippen molar-refractivity contribution >= 4 is 17.5 Å². The molecular formula is C19H23N3O3. The van der Waals surface area contributed by atoms with Crippen molar-refractivity contribution in [2.75, 3.05) is 11.9 Å². The maximum Gasteiger partial charge on any atom is 0.293 e. The largest absolute Gasteiger partial charge is 0.459 e. The number of benzene rings is 1. The summed E-state index contributed by atoms with van der Waals surface area (Å²) < 4.78 is 5.17. The summed E-state index contributed by atoms with van der Waals surface area (Å²) in [6.07, 6.45) is 5.06. The summed E-state index contributed by atoms with van der Waals surface area (Å²) in [4.78, 5) is 26.7. The normalized spacial score (nSPS) is 20.1. The first-order chi connectivity index (χ1) is 12.1. The van der Waals surface area contributed by atoms with Gasteiger partial charge in [0.15, 0.2) is 5.76 Å². The van der Waals surface area contributed by atoms with Crippen LogP contribution in [0.4, 0.5) is 5.69 Å². The lowest BCUT2D eigenvalue weighted by Gasteiger charge is -2.27. The van der Waals surface area contributed by atoms with Gasteiger partial charge in [-0.3, -0.25) is 9.59 Å². The fourth-order valence-corrected chi connectivity index (χ4v) is 3.16. The molecule has 0 spiro atoms. The molecule has 1 aliphatic carbocycles. The van der Waals surface area contributed by atoms with E-state index in [4.69, 9.17) is 10.2 Å². The molecule has 2 aromatic rings. The highest BCUT2D eigenvalue weighted by molar-refractivity contribution is 6.09. The van der Waals surface area contributed by atoms with Crippen molar-refractivity contribution in [3.8, 4) is 0 Å². The highest BCUT2D eigenvalue weighted by atomic mass is 16.3. The molecule has 1 heterocycles. The van der Waals surface area contributed by atoms with Crippen LogP contribution < -0.4 is 16.0 Å². The van der Waals surface area contributed by atoms with Gasteiger partial charge in [0.2, 0.25) is 0 Å². The summed E-state index contributed by atoms with van der Waals surface area (Å²) in [6.45, 7) is 0. The number of hydrogen-bond donors (Lipinski definition) is 2. The Morgan fingerprint density at radius 3 is 2.52 bits per heavy atom. The fourth-order valence-electron chi connectivity index (χ4n) is 3.16. The van der Waals surface area contributed by atoms with Crippen LogP contribution in [0.3, 0.4) is 0 Å². The molecule has 0 unspecified atom stereocenters. The number of rotatable bonds is 4. The second-order valence-electron chi connectivity index (χ2n) is 6.44. The van der Waals surface area contributed by atoms with E-state index in [0.717, 1.165) is 25.7 Å². The van der Waals surface area contributed by atoms with Crippen LogP contribution in [0.5, 0.6) is 0 Å². The lowest BCUT2D eigenvalue weighted by Crippen LogP contribution is -2.41. The van der Waals surface area contributed by atoms with Crippen molar-refractivity contribution in [2.24, 2.45) is 5.73 Å². The van der Waals surface area contributed by atoms with Crippen molar-refractivity contribution in [3.63, 3.8) is 0 Å². The molecule has 6 nitrogen and oxygen atoms in total. The predicted octanol–water partition coefficient (Wildman–Crippen LogP) is 2.56. The Balaban J connectivity index is 1.76. The number of nitrogens with zero attached hydrogens (tertiary/aromatic N) is 1. The first kappa shape index (κ1) is 17.2. The molecule has 1 saturated carbocycles. The second kappa shape index (κ2) is 7.53. The minimum absolute atomic E-state index is 0.131. The van der Waals surface area contributed by atoms with E-state index in [1.165, 1.54) is 11.2 Å². The molecule has 2 amide bonds. The van der Waals surface area contributed by atoms with Crippen molar-refractivity contribution in [3.05, 3.63) is 54.0 Å². The topological polar surface area (TPSA) is 88.6 Å². The third-order valence-electron chi connectivity index (χ3n) is 4.65. The Morgan fingerprint density at radius 1 is 1.12 bits per heavy atom. The van der Waals surface area contributed by atoms with Gasteiger partial charge in [0.25, 0.3) is 11.8 Å². The molecule has 3 N–H and O–H groups in total. The van der Waals surface area contributed by atoms with Crippen LogP contribution >= 0.6 is 0 Å². The molecule has 0 bridgehead atoms. The SMILES string of the molecule is CN(C(=O)c1ccco1)c1ccccc1C(=O)NC1CCC(N)CC1. The number of anilines is 1. The number of carbonyl (C=O) groups excluding carboxylic acids is 2. The van der Waals surface area contributed by atoms with Gasteiger partial charge in [0, 0.05) is 19.1 Å². The van der Waals surface area contributed by atoms with Gasteiger partial charge in [-0.1, -0.05) is 12.1 Å². The molecule has 6 heteroatoms. The summed E-state index contributed by atoms with van der Waals surface area (Å²) in [5.41, 5.74) is 6.94. The Kier molecular flexibility index (Phi) is 5.19. The molecule has 132 valence electrons. The van der Waals surface area contributed by atoms with Gasteiger partial charge < -0.3 is 20.4 Å². The maximum atomic E-state index is 12.7. The van der Waals surface area contributed by atoms with Gasteiger partial charge in [-0.25, -0.2) is 0 Å². The molecule has 0 atom stereocenters. The Bertz CT molecular complexity index is 734. The van der Waals surface area contributed by atoms with Crippen molar-refractivity contribution in [1.82, 2.24) is 5.32 Å². The standard InChI is InChI=1S/C19H23N3O3/c1-22(19(24)17-7-4-12-25-17)16-6-3-2-5-15(16)18(23)21-14-10-8-13(20)9-11-14/h2-7,12-14H,8-11,20H2,1H3,(H,21,23). The number of amides is 2. The van der Waals surface area contributed by atoms with Crippen LogP contribution in [0.2, 0.25) is 0 Å². The van der Waals surface area contributed by atoms with Crippen molar-refractivity contribution < 1.29 is 14.0 Å². The lowest BCUT2D eigenvalue weighted by atomic mass is 9.91. The summed E-state index contributed by atoms with van der Waals surface area (Å²) in [7, 11) is 1.64. The molecular weight excluding hydrogens is 318 g/mol. The Morgan fingerprint density at radius 2 is 1.84 bits per heavy atom. The first-order valence-electron chi connectivity index (χ1n) is 8.53.